The van der Waals surface area contributed by atoms with Crippen LogP contribution >= 0.6 is 15.9 Å². The first-order valence-electron chi connectivity index (χ1n) is 20.1. The highest BCUT2D eigenvalue weighted by Crippen LogP contribution is 2.45. The molecule has 0 spiro atoms. The Morgan fingerprint density at radius 3 is 2.02 bits per heavy atom. The van der Waals surface area contributed by atoms with Crippen LogP contribution in [0.3, 0.4) is 0 Å². The van der Waals surface area contributed by atoms with Crippen LogP contribution in [0.4, 0.5) is 0 Å². The summed E-state index contributed by atoms with van der Waals surface area (Å²) in [5.41, 5.74) is 2.47. The number of nitrogens with one attached hydrogen (secondary N) is 1. The number of hydrogen-bond donors (Lipinski definition) is 2. The Morgan fingerprint density at radius 2 is 1.36 bits per heavy atom. The van der Waals surface area contributed by atoms with Crippen molar-refractivity contribution in [1.82, 2.24) is 5.32 Å². The summed E-state index contributed by atoms with van der Waals surface area (Å²) in [6.45, 7) is 1.29. The second-order valence-corrected chi connectivity index (χ2v) is 17.5. The quantitative estimate of drug-likeness (QED) is 0.0727. The minimum absolute atomic E-state index is 0.0178. The number of hydrogen-bond acceptors (Lipinski definition) is 9. The summed E-state index contributed by atoms with van der Waals surface area (Å²) in [6, 6.07) is 48.2. The van der Waals surface area contributed by atoms with Crippen LogP contribution in [0.25, 0.3) is 0 Å². The molecule has 6 aromatic carbocycles. The van der Waals surface area contributed by atoms with Crippen molar-refractivity contribution in [3.05, 3.63) is 190 Å². The maximum atomic E-state index is 14.9. The van der Waals surface area contributed by atoms with E-state index >= 15 is 0 Å². The van der Waals surface area contributed by atoms with Crippen molar-refractivity contribution >= 4 is 37.6 Å². The van der Waals surface area contributed by atoms with E-state index in [9.17, 15) is 13.2 Å². The van der Waals surface area contributed by atoms with Crippen molar-refractivity contribution in [3.63, 3.8) is 0 Å². The minimum Gasteiger partial charge on any atom is -0.494 e. The lowest BCUT2D eigenvalue weighted by Crippen LogP contribution is -2.49. The number of sulfone groups is 1. The number of carbonyl (C=O) groups is 1. The maximum absolute atomic E-state index is 14.9. The molecule has 7 rings (SSSR count). The molecule has 314 valence electrons. The molecule has 1 aliphatic heterocycles. The molecule has 61 heavy (non-hydrogen) atoms. The molecule has 0 aromatic heterocycles. The minimum atomic E-state index is -3.83. The average Bonchev–Trinajstić information content (AvgIpc) is 3.69. The SMILES string of the molecule is O=C(NCCc1ccc(OCc2ccccc2)c(OCc2ccccc2)c1)[C@]1(CCS(=O)(=O)c2ccccc2)N=C(c2ccc(OCCCO)cc2)O[C@@H]1c1ccccc1Br. The van der Waals surface area contributed by atoms with Crippen LogP contribution in [0.2, 0.25) is 0 Å². The molecule has 2 N–H and O–H groups in total. The van der Waals surface area contributed by atoms with Crippen molar-refractivity contribution in [2.45, 2.75) is 49.0 Å². The summed E-state index contributed by atoms with van der Waals surface area (Å²) < 4.78 is 53.2. The number of aliphatic hydroxyl groups excluding tert-OH is 1. The predicted molar refractivity (Wildman–Crippen MR) is 239 cm³/mol. The van der Waals surface area contributed by atoms with Gasteiger partial charge in [0.1, 0.15) is 19.0 Å². The maximum Gasteiger partial charge on any atom is 0.252 e. The van der Waals surface area contributed by atoms with E-state index in [0.717, 1.165) is 16.7 Å². The van der Waals surface area contributed by atoms with E-state index in [1.165, 1.54) is 0 Å². The van der Waals surface area contributed by atoms with Gasteiger partial charge in [-0.3, -0.25) is 4.79 Å². The number of carbonyl (C=O) groups excluding carboxylic acids is 1. The molecule has 0 radical (unpaired) electrons. The molecule has 1 aliphatic rings. The summed E-state index contributed by atoms with van der Waals surface area (Å²) in [5.74, 6) is 1.12. The summed E-state index contributed by atoms with van der Waals surface area (Å²) >= 11 is 3.66. The molecular formula is C49H47BrN2O8S. The van der Waals surface area contributed by atoms with E-state index in [4.69, 9.17) is 29.0 Å². The second-order valence-electron chi connectivity index (χ2n) is 14.5. The highest BCUT2D eigenvalue weighted by atomic mass is 79.9. The van der Waals surface area contributed by atoms with Crippen LogP contribution in [0, 0.1) is 0 Å². The number of amides is 1. The molecule has 0 aliphatic carbocycles. The monoisotopic (exact) mass is 902 g/mol. The van der Waals surface area contributed by atoms with Crippen LogP contribution in [0.5, 0.6) is 17.2 Å². The van der Waals surface area contributed by atoms with Gasteiger partial charge >= 0.3 is 0 Å². The molecule has 10 nitrogen and oxygen atoms in total. The van der Waals surface area contributed by atoms with Crippen molar-refractivity contribution < 1.29 is 37.3 Å². The van der Waals surface area contributed by atoms with Gasteiger partial charge in [0.2, 0.25) is 5.90 Å². The zero-order valence-corrected chi connectivity index (χ0v) is 35.9. The molecule has 0 saturated carbocycles. The molecule has 0 unspecified atom stereocenters. The molecule has 1 amide bonds. The lowest BCUT2D eigenvalue weighted by molar-refractivity contribution is -0.129. The third-order valence-electron chi connectivity index (χ3n) is 10.3. The van der Waals surface area contributed by atoms with Gasteiger partial charge in [0.25, 0.3) is 5.91 Å². The summed E-state index contributed by atoms with van der Waals surface area (Å²) in [7, 11) is -3.83. The van der Waals surface area contributed by atoms with Gasteiger partial charge < -0.3 is 29.4 Å². The molecule has 0 fully saturated rings. The van der Waals surface area contributed by atoms with Gasteiger partial charge in [0.05, 0.1) is 17.3 Å². The third kappa shape index (κ3) is 11.1. The summed E-state index contributed by atoms with van der Waals surface area (Å²) in [6.07, 6.45) is -0.228. The van der Waals surface area contributed by atoms with Crippen LogP contribution < -0.4 is 19.5 Å². The first kappa shape index (κ1) is 43.1. The van der Waals surface area contributed by atoms with Crippen LogP contribution in [0.15, 0.2) is 172 Å². The van der Waals surface area contributed by atoms with Gasteiger partial charge in [0.15, 0.2) is 33.0 Å². The first-order chi connectivity index (χ1) is 29.7. The number of rotatable bonds is 20. The highest BCUT2D eigenvalue weighted by Gasteiger charge is 2.54. The Kier molecular flexibility index (Phi) is 14.5. The highest BCUT2D eigenvalue weighted by molar-refractivity contribution is 9.10. The first-order valence-corrected chi connectivity index (χ1v) is 22.6. The van der Waals surface area contributed by atoms with Gasteiger partial charge in [-0.15, -0.1) is 0 Å². The van der Waals surface area contributed by atoms with Crippen molar-refractivity contribution in [1.29, 1.82) is 0 Å². The fraction of sp³-hybridized carbons (Fsp3) is 0.224. The number of ether oxygens (including phenoxy) is 4. The van der Waals surface area contributed by atoms with Crippen LogP contribution in [-0.2, 0) is 39.0 Å². The van der Waals surface area contributed by atoms with E-state index in [1.54, 1.807) is 54.6 Å². The fourth-order valence-corrected chi connectivity index (χ4v) is 8.83. The predicted octanol–water partition coefficient (Wildman–Crippen LogP) is 8.85. The number of aliphatic imine (C=N–C) groups is 1. The Bertz CT molecular complexity index is 2510. The number of benzene rings is 6. The molecule has 6 aromatic rings. The molecule has 2 atom stereocenters. The lowest BCUT2D eigenvalue weighted by Gasteiger charge is -2.31. The number of aliphatic hydroxyl groups is 1. The van der Waals surface area contributed by atoms with E-state index in [0.29, 0.717) is 65.5 Å². The smallest absolute Gasteiger partial charge is 0.252 e. The van der Waals surface area contributed by atoms with Gasteiger partial charge in [-0.25, -0.2) is 13.4 Å². The Labute approximate surface area is 365 Å². The van der Waals surface area contributed by atoms with Crippen LogP contribution in [0.1, 0.15) is 46.8 Å². The van der Waals surface area contributed by atoms with E-state index < -0.39 is 27.4 Å². The molecular weight excluding hydrogens is 857 g/mol. The Balaban J connectivity index is 1.17. The molecule has 1 heterocycles. The normalized spacial score (nSPS) is 16.0. The number of halogens is 1. The topological polar surface area (TPSA) is 133 Å². The zero-order chi connectivity index (χ0) is 42.5. The standard InChI is InChI=1S/C49H47BrN2O8S/c50-43-20-11-10-19-42(43)46-49(28-32-61(55,56)41-17-8-3-9-18-41,52-47(60-46)39-22-24-40(25-23-39)57-31-12-30-53)48(54)51-29-27-36-21-26-44(58-34-37-13-4-1-5-14-37)45(33-36)59-35-38-15-6-2-7-16-38/h1-11,13-26,33,46,53H,12,27-32,34-35H2,(H,51,54)/t46-,49-/m1/s1. The van der Waals surface area contributed by atoms with Crippen molar-refractivity contribution in [2.24, 2.45) is 4.99 Å². The fourth-order valence-electron chi connectivity index (χ4n) is 6.95. The van der Waals surface area contributed by atoms with Crippen molar-refractivity contribution in [3.8, 4) is 17.2 Å². The van der Waals surface area contributed by atoms with Gasteiger partial charge in [-0.1, -0.05) is 119 Å². The summed E-state index contributed by atoms with van der Waals surface area (Å²) in [5, 5.41) is 12.3. The van der Waals surface area contributed by atoms with Crippen LogP contribution in [-0.4, -0.2) is 56.4 Å². The Morgan fingerprint density at radius 1 is 0.738 bits per heavy atom. The van der Waals surface area contributed by atoms with E-state index in [2.05, 4.69) is 21.2 Å². The lowest BCUT2D eigenvalue weighted by atomic mass is 9.85. The third-order valence-corrected chi connectivity index (χ3v) is 12.7. The van der Waals surface area contributed by atoms with Gasteiger partial charge in [-0.05, 0) is 77.7 Å². The molecule has 0 bridgehead atoms. The second kappa shape index (κ2) is 20.5. The molecule has 0 saturated heterocycles. The largest absolute Gasteiger partial charge is 0.494 e. The average molecular weight is 904 g/mol. The van der Waals surface area contributed by atoms with E-state index in [1.807, 2.05) is 103 Å². The van der Waals surface area contributed by atoms with Gasteiger partial charge in [-0.2, -0.15) is 0 Å². The molecule has 12 heteroatoms. The number of nitrogens with zero attached hydrogens (tertiary/aromatic N) is 1. The summed E-state index contributed by atoms with van der Waals surface area (Å²) in [4.78, 5) is 20.1. The Hall–Kier alpha value is -5.95. The van der Waals surface area contributed by atoms with E-state index in [-0.39, 0.29) is 36.1 Å². The zero-order valence-electron chi connectivity index (χ0n) is 33.5. The van der Waals surface area contributed by atoms with Crippen molar-refractivity contribution in [2.75, 3.05) is 25.5 Å². The van der Waals surface area contributed by atoms with Gasteiger partial charge in [0, 0.05) is 41.6 Å².